The van der Waals surface area contributed by atoms with Gasteiger partial charge < -0.3 is 10.1 Å². The van der Waals surface area contributed by atoms with Crippen molar-refractivity contribution in [2.75, 3.05) is 12.4 Å². The molecule has 0 spiro atoms. The number of sulfonamides is 1. The van der Waals surface area contributed by atoms with Gasteiger partial charge in [0.2, 0.25) is 10.0 Å². The maximum atomic E-state index is 13.7. The second-order valence-electron chi connectivity index (χ2n) is 6.40. The van der Waals surface area contributed by atoms with Crippen molar-refractivity contribution in [2.24, 2.45) is 0 Å². The summed E-state index contributed by atoms with van der Waals surface area (Å²) in [5.41, 5.74) is 0.109. The molecule has 0 radical (unpaired) electrons. The van der Waals surface area contributed by atoms with Crippen molar-refractivity contribution in [3.8, 4) is 5.75 Å². The quantitative estimate of drug-likeness (QED) is 0.790. The Kier molecular flexibility index (Phi) is 5.76. The topological polar surface area (TPSA) is 84.5 Å². The lowest BCUT2D eigenvalue weighted by Crippen LogP contribution is -2.33. The molecule has 0 saturated heterocycles. The molecule has 0 unspecified atom stereocenters. The lowest BCUT2D eigenvalue weighted by Gasteiger charge is -2.16. The number of amides is 1. The fourth-order valence-corrected chi connectivity index (χ4v) is 4.61. The zero-order valence-corrected chi connectivity index (χ0v) is 15.7. The molecule has 27 heavy (non-hydrogen) atoms. The molecule has 8 heteroatoms. The summed E-state index contributed by atoms with van der Waals surface area (Å²) < 4.78 is 47.1. The van der Waals surface area contributed by atoms with E-state index in [1.807, 2.05) is 0 Å². The van der Waals surface area contributed by atoms with Crippen LogP contribution >= 0.6 is 0 Å². The van der Waals surface area contributed by atoms with Gasteiger partial charge in [-0.15, -0.1) is 0 Å². The molecule has 0 atom stereocenters. The maximum absolute atomic E-state index is 13.7. The van der Waals surface area contributed by atoms with E-state index >= 15 is 0 Å². The van der Waals surface area contributed by atoms with Gasteiger partial charge in [-0.05, 0) is 43.2 Å². The molecule has 1 fully saturated rings. The van der Waals surface area contributed by atoms with Gasteiger partial charge in [0.15, 0.2) is 0 Å². The number of carbonyl (C=O) groups excluding carboxylic acids is 1. The molecule has 1 aliphatic rings. The van der Waals surface area contributed by atoms with Crippen LogP contribution in [0.1, 0.15) is 36.0 Å². The molecule has 2 aromatic rings. The summed E-state index contributed by atoms with van der Waals surface area (Å²) in [6.45, 7) is 0. The number of anilines is 1. The number of benzene rings is 2. The van der Waals surface area contributed by atoms with Gasteiger partial charge in [0.1, 0.15) is 16.5 Å². The van der Waals surface area contributed by atoms with Crippen molar-refractivity contribution in [3.05, 3.63) is 53.8 Å². The first-order valence-electron chi connectivity index (χ1n) is 8.67. The molecule has 0 bridgehead atoms. The van der Waals surface area contributed by atoms with E-state index in [0.29, 0.717) is 0 Å². The SMILES string of the molecule is COc1ccc(C(=O)Nc2ccccc2F)cc1S(=O)(=O)NC1CCCC1. The number of rotatable bonds is 6. The largest absolute Gasteiger partial charge is 0.495 e. The molecule has 0 aliphatic heterocycles. The first-order valence-corrected chi connectivity index (χ1v) is 10.2. The van der Waals surface area contributed by atoms with Crippen LogP contribution in [-0.2, 0) is 10.0 Å². The average molecular weight is 392 g/mol. The third kappa shape index (κ3) is 4.45. The van der Waals surface area contributed by atoms with E-state index < -0.39 is 21.7 Å². The minimum Gasteiger partial charge on any atom is -0.495 e. The lowest BCUT2D eigenvalue weighted by atomic mass is 10.2. The molecule has 3 rings (SSSR count). The number of hydrogen-bond donors (Lipinski definition) is 2. The Morgan fingerprint density at radius 3 is 2.52 bits per heavy atom. The smallest absolute Gasteiger partial charge is 0.255 e. The van der Waals surface area contributed by atoms with E-state index in [1.54, 1.807) is 6.07 Å². The van der Waals surface area contributed by atoms with Crippen molar-refractivity contribution in [2.45, 2.75) is 36.6 Å². The molecular formula is C19H21FN2O4S. The highest BCUT2D eigenvalue weighted by Gasteiger charge is 2.26. The molecule has 1 aliphatic carbocycles. The van der Waals surface area contributed by atoms with Gasteiger partial charge in [-0.1, -0.05) is 25.0 Å². The summed E-state index contributed by atoms with van der Waals surface area (Å²) in [4.78, 5) is 12.3. The van der Waals surface area contributed by atoms with Crippen LogP contribution in [-0.4, -0.2) is 27.5 Å². The molecule has 1 saturated carbocycles. The molecule has 0 aromatic heterocycles. The van der Waals surface area contributed by atoms with Crippen LogP contribution in [0.15, 0.2) is 47.4 Å². The van der Waals surface area contributed by atoms with Crippen LogP contribution in [0.2, 0.25) is 0 Å². The van der Waals surface area contributed by atoms with Gasteiger partial charge in [-0.25, -0.2) is 17.5 Å². The first-order chi connectivity index (χ1) is 12.9. The average Bonchev–Trinajstić information content (AvgIpc) is 3.15. The van der Waals surface area contributed by atoms with E-state index in [-0.39, 0.29) is 27.9 Å². The van der Waals surface area contributed by atoms with Crippen LogP contribution < -0.4 is 14.8 Å². The molecule has 1 amide bonds. The van der Waals surface area contributed by atoms with E-state index in [1.165, 1.54) is 43.5 Å². The van der Waals surface area contributed by atoms with E-state index in [9.17, 15) is 17.6 Å². The maximum Gasteiger partial charge on any atom is 0.255 e. The Morgan fingerprint density at radius 1 is 1.15 bits per heavy atom. The Hall–Kier alpha value is -2.45. The third-order valence-electron chi connectivity index (χ3n) is 4.51. The van der Waals surface area contributed by atoms with Crippen molar-refractivity contribution >= 4 is 21.6 Å². The molecule has 144 valence electrons. The Balaban J connectivity index is 1.88. The number of hydrogen-bond acceptors (Lipinski definition) is 4. The summed E-state index contributed by atoms with van der Waals surface area (Å²) in [7, 11) is -2.49. The molecule has 0 heterocycles. The van der Waals surface area contributed by atoms with Crippen LogP contribution in [0.5, 0.6) is 5.75 Å². The summed E-state index contributed by atoms with van der Waals surface area (Å²) >= 11 is 0. The van der Waals surface area contributed by atoms with Crippen molar-refractivity contribution in [1.29, 1.82) is 0 Å². The van der Waals surface area contributed by atoms with Gasteiger partial charge in [0, 0.05) is 11.6 Å². The molecular weight excluding hydrogens is 371 g/mol. The number of carbonyl (C=O) groups is 1. The van der Waals surface area contributed by atoms with Gasteiger partial charge >= 0.3 is 0 Å². The van der Waals surface area contributed by atoms with Gasteiger partial charge in [0.05, 0.1) is 12.8 Å². The van der Waals surface area contributed by atoms with Crippen molar-refractivity contribution in [1.82, 2.24) is 4.72 Å². The van der Waals surface area contributed by atoms with Crippen LogP contribution in [0.3, 0.4) is 0 Å². The zero-order chi connectivity index (χ0) is 19.4. The number of para-hydroxylation sites is 1. The van der Waals surface area contributed by atoms with Crippen LogP contribution in [0.4, 0.5) is 10.1 Å². The van der Waals surface area contributed by atoms with Gasteiger partial charge in [0.25, 0.3) is 5.91 Å². The minimum absolute atomic E-state index is 0.0202. The summed E-state index contributed by atoms with van der Waals surface area (Å²) in [5, 5.41) is 2.45. The predicted molar refractivity (Wildman–Crippen MR) is 99.9 cm³/mol. The predicted octanol–water partition coefficient (Wildman–Crippen LogP) is 3.31. The van der Waals surface area contributed by atoms with Crippen molar-refractivity contribution < 1.29 is 22.3 Å². The monoisotopic (exact) mass is 392 g/mol. The normalized spacial score (nSPS) is 14.9. The van der Waals surface area contributed by atoms with E-state index in [2.05, 4.69) is 10.0 Å². The minimum atomic E-state index is -3.85. The summed E-state index contributed by atoms with van der Waals surface area (Å²) in [6, 6.07) is 9.73. The van der Waals surface area contributed by atoms with Crippen LogP contribution in [0.25, 0.3) is 0 Å². The highest BCUT2D eigenvalue weighted by Crippen LogP contribution is 2.27. The highest BCUT2D eigenvalue weighted by molar-refractivity contribution is 7.89. The number of ether oxygens (including phenoxy) is 1. The number of nitrogens with one attached hydrogen (secondary N) is 2. The lowest BCUT2D eigenvalue weighted by molar-refractivity contribution is 0.102. The molecule has 2 aromatic carbocycles. The fourth-order valence-electron chi connectivity index (χ4n) is 3.11. The second-order valence-corrected chi connectivity index (χ2v) is 8.08. The number of halogens is 1. The Labute approximate surface area is 157 Å². The van der Waals surface area contributed by atoms with E-state index in [0.717, 1.165) is 25.7 Å². The van der Waals surface area contributed by atoms with Crippen LogP contribution in [0, 0.1) is 5.82 Å². The molecule has 2 N–H and O–H groups in total. The third-order valence-corrected chi connectivity index (χ3v) is 6.06. The Bertz CT molecular complexity index is 940. The number of methoxy groups -OCH3 is 1. The van der Waals surface area contributed by atoms with Gasteiger partial charge in [-0.3, -0.25) is 4.79 Å². The fraction of sp³-hybridized carbons (Fsp3) is 0.316. The summed E-state index contributed by atoms with van der Waals surface area (Å²) in [5.74, 6) is -1.04. The van der Waals surface area contributed by atoms with Gasteiger partial charge in [-0.2, -0.15) is 0 Å². The standard InChI is InChI=1S/C19H21FN2O4S/c1-26-17-11-10-13(19(23)21-16-9-5-4-8-15(16)20)12-18(17)27(24,25)22-14-6-2-3-7-14/h4-5,8-12,14,22H,2-3,6-7H2,1H3,(H,21,23). The Morgan fingerprint density at radius 2 is 1.85 bits per heavy atom. The summed E-state index contributed by atoms with van der Waals surface area (Å²) in [6.07, 6.45) is 3.54. The highest BCUT2D eigenvalue weighted by atomic mass is 32.2. The van der Waals surface area contributed by atoms with E-state index in [4.69, 9.17) is 4.74 Å². The van der Waals surface area contributed by atoms with Crippen molar-refractivity contribution in [3.63, 3.8) is 0 Å². The zero-order valence-electron chi connectivity index (χ0n) is 14.9. The first kappa shape index (κ1) is 19.3. The second kappa shape index (κ2) is 8.06. The molecule has 6 nitrogen and oxygen atoms in total.